The molecule has 0 aliphatic rings. The summed E-state index contributed by atoms with van der Waals surface area (Å²) < 4.78 is 45.6. The molecule has 0 aliphatic carbocycles. The zero-order chi connectivity index (χ0) is 19.3. The standard InChI is InChI=1S/C19H19ClF3NO2/c1-3-12-8-9-17(15(20)10-12)26-11-13-14(19(21,22)23)6-5-7-16(13)24-18(25)4-2/h5-10H,3-4,11H2,1-2H3,(H,24,25). The van der Waals surface area contributed by atoms with Gasteiger partial charge in [-0.2, -0.15) is 13.2 Å². The van der Waals surface area contributed by atoms with Gasteiger partial charge < -0.3 is 10.1 Å². The van der Waals surface area contributed by atoms with Crippen LogP contribution in [-0.2, 0) is 24.0 Å². The Balaban J connectivity index is 2.35. The van der Waals surface area contributed by atoms with Gasteiger partial charge in [-0.05, 0) is 36.2 Å². The number of carbonyl (C=O) groups is 1. The van der Waals surface area contributed by atoms with Gasteiger partial charge in [0.25, 0.3) is 0 Å². The summed E-state index contributed by atoms with van der Waals surface area (Å²) >= 11 is 6.13. The van der Waals surface area contributed by atoms with Crippen LogP contribution in [0.15, 0.2) is 36.4 Å². The molecule has 0 fully saturated rings. The molecule has 140 valence electrons. The highest BCUT2D eigenvalue weighted by Gasteiger charge is 2.34. The number of hydrogen-bond acceptors (Lipinski definition) is 2. The number of amides is 1. The van der Waals surface area contributed by atoms with E-state index in [2.05, 4.69) is 5.32 Å². The SMILES string of the molecule is CCC(=O)Nc1cccc(C(F)(F)F)c1COc1ccc(CC)cc1Cl. The third-order valence-corrected chi connectivity index (χ3v) is 4.15. The molecule has 0 atom stereocenters. The van der Waals surface area contributed by atoms with Crippen molar-refractivity contribution in [3.63, 3.8) is 0 Å². The van der Waals surface area contributed by atoms with Crippen molar-refractivity contribution in [3.05, 3.63) is 58.1 Å². The van der Waals surface area contributed by atoms with Crippen molar-refractivity contribution >= 4 is 23.2 Å². The van der Waals surface area contributed by atoms with E-state index in [1.807, 2.05) is 6.92 Å². The van der Waals surface area contributed by atoms with Gasteiger partial charge in [-0.25, -0.2) is 0 Å². The maximum absolute atomic E-state index is 13.4. The second kappa shape index (κ2) is 8.45. The number of anilines is 1. The Morgan fingerprint density at radius 1 is 1.19 bits per heavy atom. The molecule has 3 nitrogen and oxygen atoms in total. The van der Waals surface area contributed by atoms with Crippen molar-refractivity contribution < 1.29 is 22.7 Å². The van der Waals surface area contributed by atoms with E-state index < -0.39 is 11.7 Å². The fourth-order valence-corrected chi connectivity index (χ4v) is 2.65. The molecule has 2 aromatic carbocycles. The molecule has 2 rings (SSSR count). The van der Waals surface area contributed by atoms with E-state index in [0.717, 1.165) is 18.1 Å². The molecule has 0 unspecified atom stereocenters. The number of halogens is 4. The molecule has 0 aliphatic heterocycles. The maximum Gasteiger partial charge on any atom is 0.416 e. The van der Waals surface area contributed by atoms with Gasteiger partial charge in [0.2, 0.25) is 5.91 Å². The van der Waals surface area contributed by atoms with Crippen LogP contribution in [-0.4, -0.2) is 5.91 Å². The second-order valence-corrected chi connectivity index (χ2v) is 6.05. The lowest BCUT2D eigenvalue weighted by molar-refractivity contribution is -0.138. The Hall–Kier alpha value is -2.21. The van der Waals surface area contributed by atoms with Crippen LogP contribution >= 0.6 is 11.6 Å². The van der Waals surface area contributed by atoms with Crippen molar-refractivity contribution in [2.45, 2.75) is 39.5 Å². The fourth-order valence-electron chi connectivity index (χ4n) is 2.39. The van der Waals surface area contributed by atoms with E-state index in [1.54, 1.807) is 25.1 Å². The van der Waals surface area contributed by atoms with Gasteiger partial charge in [0, 0.05) is 17.7 Å². The Labute approximate surface area is 155 Å². The van der Waals surface area contributed by atoms with E-state index in [1.165, 1.54) is 12.1 Å². The van der Waals surface area contributed by atoms with Gasteiger partial charge in [-0.3, -0.25) is 4.79 Å². The Kier molecular flexibility index (Phi) is 6.53. The number of nitrogens with one attached hydrogen (secondary N) is 1. The van der Waals surface area contributed by atoms with Crippen LogP contribution in [0.3, 0.4) is 0 Å². The second-order valence-electron chi connectivity index (χ2n) is 5.64. The summed E-state index contributed by atoms with van der Waals surface area (Å²) in [6.45, 7) is 3.21. The first kappa shape index (κ1) is 20.1. The fraction of sp³-hybridized carbons (Fsp3) is 0.316. The first-order valence-electron chi connectivity index (χ1n) is 8.16. The number of ether oxygens (including phenoxy) is 1. The number of alkyl halides is 3. The van der Waals surface area contributed by atoms with Gasteiger partial charge in [0.1, 0.15) is 12.4 Å². The molecule has 2 aromatic rings. The molecule has 1 N–H and O–H groups in total. The maximum atomic E-state index is 13.4. The molecule has 0 heterocycles. The first-order valence-corrected chi connectivity index (χ1v) is 8.54. The van der Waals surface area contributed by atoms with Crippen molar-refractivity contribution in [3.8, 4) is 5.75 Å². The monoisotopic (exact) mass is 385 g/mol. The van der Waals surface area contributed by atoms with Gasteiger partial charge >= 0.3 is 6.18 Å². The van der Waals surface area contributed by atoms with Crippen LogP contribution in [0.1, 0.15) is 37.0 Å². The summed E-state index contributed by atoms with van der Waals surface area (Å²) in [5.74, 6) is -0.0930. The van der Waals surface area contributed by atoms with E-state index in [9.17, 15) is 18.0 Å². The third-order valence-electron chi connectivity index (χ3n) is 3.85. The summed E-state index contributed by atoms with van der Waals surface area (Å²) in [5, 5.41) is 2.82. The van der Waals surface area contributed by atoms with E-state index >= 15 is 0 Å². The largest absolute Gasteiger partial charge is 0.487 e. The lowest BCUT2D eigenvalue weighted by Crippen LogP contribution is -2.17. The Bertz CT molecular complexity index is 791. The van der Waals surface area contributed by atoms with Crippen LogP contribution in [0.2, 0.25) is 5.02 Å². The summed E-state index contributed by atoms with van der Waals surface area (Å²) in [6.07, 6.45) is -3.63. The number of aryl methyl sites for hydroxylation is 1. The molecule has 0 bridgehead atoms. The Morgan fingerprint density at radius 3 is 2.50 bits per heavy atom. The van der Waals surface area contributed by atoms with Crippen LogP contribution < -0.4 is 10.1 Å². The predicted molar refractivity (Wildman–Crippen MR) is 95.5 cm³/mol. The normalized spacial score (nSPS) is 11.3. The first-order chi connectivity index (χ1) is 12.3. The smallest absolute Gasteiger partial charge is 0.416 e. The van der Waals surface area contributed by atoms with Crippen LogP contribution in [0, 0.1) is 0 Å². The minimum Gasteiger partial charge on any atom is -0.487 e. The minimum atomic E-state index is -4.57. The number of benzene rings is 2. The van der Waals surface area contributed by atoms with E-state index in [4.69, 9.17) is 16.3 Å². The molecule has 0 aromatic heterocycles. The van der Waals surface area contributed by atoms with Gasteiger partial charge in [0.15, 0.2) is 0 Å². The van der Waals surface area contributed by atoms with E-state index in [-0.39, 0.29) is 35.9 Å². The molecule has 0 radical (unpaired) electrons. The molecule has 0 saturated heterocycles. The molecular weight excluding hydrogens is 367 g/mol. The zero-order valence-electron chi connectivity index (χ0n) is 14.4. The number of rotatable bonds is 6. The molecule has 0 spiro atoms. The zero-order valence-corrected chi connectivity index (χ0v) is 15.2. The summed E-state index contributed by atoms with van der Waals surface area (Å²) in [4.78, 5) is 11.6. The van der Waals surface area contributed by atoms with Crippen molar-refractivity contribution in [2.24, 2.45) is 0 Å². The average Bonchev–Trinajstić information content (AvgIpc) is 2.60. The van der Waals surface area contributed by atoms with Crippen molar-refractivity contribution in [2.75, 3.05) is 5.32 Å². The third kappa shape index (κ3) is 4.91. The molecule has 0 saturated carbocycles. The molecule has 1 amide bonds. The highest BCUT2D eigenvalue weighted by molar-refractivity contribution is 6.32. The van der Waals surface area contributed by atoms with Crippen molar-refractivity contribution in [1.29, 1.82) is 0 Å². The lowest BCUT2D eigenvalue weighted by atomic mass is 10.0. The molecule has 7 heteroatoms. The van der Waals surface area contributed by atoms with Gasteiger partial charge in [0.05, 0.1) is 10.6 Å². The van der Waals surface area contributed by atoms with Crippen molar-refractivity contribution in [1.82, 2.24) is 0 Å². The average molecular weight is 386 g/mol. The topological polar surface area (TPSA) is 38.3 Å². The van der Waals surface area contributed by atoms with Crippen LogP contribution in [0.4, 0.5) is 18.9 Å². The van der Waals surface area contributed by atoms with Gasteiger partial charge in [-0.1, -0.05) is 37.6 Å². The van der Waals surface area contributed by atoms with Crippen LogP contribution in [0.25, 0.3) is 0 Å². The predicted octanol–water partition coefficient (Wildman–Crippen LogP) is 5.85. The number of carbonyl (C=O) groups excluding carboxylic acids is 1. The lowest BCUT2D eigenvalue weighted by Gasteiger charge is -2.18. The highest BCUT2D eigenvalue weighted by Crippen LogP contribution is 2.36. The summed E-state index contributed by atoms with van der Waals surface area (Å²) in [5.41, 5.74) is 0.0760. The summed E-state index contributed by atoms with van der Waals surface area (Å²) in [7, 11) is 0. The van der Waals surface area contributed by atoms with E-state index in [0.29, 0.717) is 5.02 Å². The number of hydrogen-bond donors (Lipinski definition) is 1. The molecule has 26 heavy (non-hydrogen) atoms. The molecular formula is C19H19ClF3NO2. The summed E-state index contributed by atoms with van der Waals surface area (Å²) in [6, 6.07) is 8.77. The van der Waals surface area contributed by atoms with Gasteiger partial charge in [-0.15, -0.1) is 0 Å². The Morgan fingerprint density at radius 2 is 1.92 bits per heavy atom. The highest BCUT2D eigenvalue weighted by atomic mass is 35.5. The van der Waals surface area contributed by atoms with Crippen LogP contribution in [0.5, 0.6) is 5.75 Å². The quantitative estimate of drug-likeness (QED) is 0.677. The minimum absolute atomic E-state index is 0.0768.